The zero-order valence-corrected chi connectivity index (χ0v) is 11.7. The maximum absolute atomic E-state index is 11.6. The first-order valence-corrected chi connectivity index (χ1v) is 6.54. The van der Waals surface area contributed by atoms with Gasteiger partial charge in [0.15, 0.2) is 0 Å². The Hall–Kier alpha value is -0.540. The smallest absolute Gasteiger partial charge is 0.233 e. The molecule has 1 amide bonds. The van der Waals surface area contributed by atoms with E-state index in [0.717, 1.165) is 12.0 Å². The van der Waals surface area contributed by atoms with Gasteiger partial charge in [-0.05, 0) is 31.0 Å². The Kier molecular flexibility index (Phi) is 5.29. The van der Waals surface area contributed by atoms with Gasteiger partial charge in [0.2, 0.25) is 5.91 Å². The summed E-state index contributed by atoms with van der Waals surface area (Å²) in [5.74, 6) is 0.00167. The largest absolute Gasteiger partial charge is 0.348 e. The van der Waals surface area contributed by atoms with Crippen molar-refractivity contribution < 1.29 is 4.79 Å². The van der Waals surface area contributed by atoms with E-state index in [2.05, 4.69) is 21.2 Å². The Labute approximate surface area is 110 Å². The second-order valence-electron chi connectivity index (χ2n) is 3.64. The second-order valence-corrected chi connectivity index (χ2v) is 5.45. The van der Waals surface area contributed by atoms with Crippen LogP contribution in [0, 0.1) is 0 Å². The molecular weight excluding hydrogens is 289 g/mol. The van der Waals surface area contributed by atoms with E-state index in [1.54, 1.807) is 0 Å². The molecule has 0 fully saturated rings. The standard InChI is InChI=1S/C12H15BrClNO/c1-3-11(15-12(16)8(2)13)9-4-6-10(14)7-5-9/h4-8,11H,3H2,1-2H3,(H,15,16). The van der Waals surface area contributed by atoms with Gasteiger partial charge >= 0.3 is 0 Å². The van der Waals surface area contributed by atoms with Crippen molar-refractivity contribution >= 4 is 33.4 Å². The van der Waals surface area contributed by atoms with Gasteiger partial charge in [-0.15, -0.1) is 0 Å². The molecule has 0 bridgehead atoms. The highest BCUT2D eigenvalue weighted by molar-refractivity contribution is 9.10. The van der Waals surface area contributed by atoms with Gasteiger partial charge in [-0.2, -0.15) is 0 Å². The molecule has 88 valence electrons. The molecule has 0 aliphatic carbocycles. The minimum absolute atomic E-state index is 0.00167. The molecule has 2 atom stereocenters. The molecule has 0 heterocycles. The molecule has 16 heavy (non-hydrogen) atoms. The first-order chi connectivity index (χ1) is 7.54. The normalized spacial score (nSPS) is 14.2. The Balaban J connectivity index is 2.74. The van der Waals surface area contributed by atoms with E-state index in [-0.39, 0.29) is 16.8 Å². The predicted octanol–water partition coefficient (Wildman–Crippen LogP) is 3.69. The highest BCUT2D eigenvalue weighted by Gasteiger charge is 2.15. The molecule has 0 spiro atoms. The zero-order valence-electron chi connectivity index (χ0n) is 9.34. The molecule has 0 saturated heterocycles. The lowest BCUT2D eigenvalue weighted by Gasteiger charge is -2.18. The van der Waals surface area contributed by atoms with Crippen LogP contribution in [-0.2, 0) is 4.79 Å². The summed E-state index contributed by atoms with van der Waals surface area (Å²) in [6, 6.07) is 7.60. The topological polar surface area (TPSA) is 29.1 Å². The number of carbonyl (C=O) groups is 1. The minimum atomic E-state index is -0.172. The van der Waals surface area contributed by atoms with Crippen LogP contribution in [0.15, 0.2) is 24.3 Å². The van der Waals surface area contributed by atoms with E-state index in [1.165, 1.54) is 0 Å². The molecule has 2 unspecified atom stereocenters. The van der Waals surface area contributed by atoms with Crippen LogP contribution < -0.4 is 5.32 Å². The second kappa shape index (κ2) is 6.26. The third kappa shape index (κ3) is 3.80. The number of hydrogen-bond acceptors (Lipinski definition) is 1. The van der Waals surface area contributed by atoms with Gasteiger partial charge < -0.3 is 5.32 Å². The van der Waals surface area contributed by atoms with Gasteiger partial charge in [0.05, 0.1) is 10.9 Å². The number of hydrogen-bond donors (Lipinski definition) is 1. The third-order valence-electron chi connectivity index (χ3n) is 2.36. The van der Waals surface area contributed by atoms with Crippen molar-refractivity contribution in [1.29, 1.82) is 0 Å². The lowest BCUT2D eigenvalue weighted by molar-refractivity contribution is -0.120. The number of rotatable bonds is 4. The highest BCUT2D eigenvalue weighted by Crippen LogP contribution is 2.19. The highest BCUT2D eigenvalue weighted by atomic mass is 79.9. The van der Waals surface area contributed by atoms with Gasteiger partial charge in [0, 0.05) is 5.02 Å². The molecular formula is C12H15BrClNO. The molecule has 0 saturated carbocycles. The van der Waals surface area contributed by atoms with Gasteiger partial charge in [-0.25, -0.2) is 0 Å². The van der Waals surface area contributed by atoms with E-state index in [9.17, 15) is 4.79 Å². The van der Waals surface area contributed by atoms with E-state index < -0.39 is 0 Å². The number of benzene rings is 1. The van der Waals surface area contributed by atoms with Crippen molar-refractivity contribution in [3.8, 4) is 0 Å². The SMILES string of the molecule is CCC(NC(=O)C(C)Br)c1ccc(Cl)cc1. The fourth-order valence-corrected chi connectivity index (χ4v) is 1.66. The van der Waals surface area contributed by atoms with Crippen LogP contribution in [-0.4, -0.2) is 10.7 Å². The summed E-state index contributed by atoms with van der Waals surface area (Å²) in [7, 11) is 0. The molecule has 0 aliphatic rings. The Morgan fingerprint density at radius 3 is 2.44 bits per heavy atom. The number of amides is 1. The van der Waals surface area contributed by atoms with E-state index in [0.29, 0.717) is 5.02 Å². The van der Waals surface area contributed by atoms with Crippen LogP contribution >= 0.6 is 27.5 Å². The number of alkyl halides is 1. The molecule has 1 aromatic carbocycles. The molecule has 1 rings (SSSR count). The summed E-state index contributed by atoms with van der Waals surface area (Å²) < 4.78 is 0. The zero-order chi connectivity index (χ0) is 12.1. The first kappa shape index (κ1) is 13.5. The van der Waals surface area contributed by atoms with Crippen molar-refractivity contribution in [2.75, 3.05) is 0 Å². The van der Waals surface area contributed by atoms with Gasteiger partial charge in [0.25, 0.3) is 0 Å². The first-order valence-electron chi connectivity index (χ1n) is 5.24. The minimum Gasteiger partial charge on any atom is -0.348 e. The third-order valence-corrected chi connectivity index (χ3v) is 3.03. The van der Waals surface area contributed by atoms with Crippen LogP contribution in [0.2, 0.25) is 5.02 Å². The summed E-state index contributed by atoms with van der Waals surface area (Å²) in [6.45, 7) is 3.85. The quantitative estimate of drug-likeness (QED) is 0.845. The van der Waals surface area contributed by atoms with Crippen LogP contribution in [0.25, 0.3) is 0 Å². The summed E-state index contributed by atoms with van der Waals surface area (Å²) >= 11 is 9.07. The van der Waals surface area contributed by atoms with Crippen LogP contribution in [0.4, 0.5) is 0 Å². The van der Waals surface area contributed by atoms with Gasteiger partial charge in [-0.3, -0.25) is 4.79 Å². The Morgan fingerprint density at radius 2 is 2.00 bits per heavy atom. The molecule has 4 heteroatoms. The van der Waals surface area contributed by atoms with Crippen molar-refractivity contribution in [3.63, 3.8) is 0 Å². The maximum Gasteiger partial charge on any atom is 0.233 e. The van der Waals surface area contributed by atoms with Crippen molar-refractivity contribution in [2.24, 2.45) is 0 Å². The van der Waals surface area contributed by atoms with Gasteiger partial charge in [-0.1, -0.05) is 46.6 Å². The average Bonchev–Trinajstić information content (AvgIpc) is 2.26. The number of carbonyl (C=O) groups excluding carboxylic acids is 1. The maximum atomic E-state index is 11.6. The van der Waals surface area contributed by atoms with Crippen LogP contribution in [0.1, 0.15) is 31.9 Å². The van der Waals surface area contributed by atoms with E-state index in [1.807, 2.05) is 38.1 Å². The van der Waals surface area contributed by atoms with Crippen molar-refractivity contribution in [3.05, 3.63) is 34.9 Å². The lowest BCUT2D eigenvalue weighted by atomic mass is 10.0. The Morgan fingerprint density at radius 1 is 1.44 bits per heavy atom. The van der Waals surface area contributed by atoms with Crippen LogP contribution in [0.5, 0.6) is 0 Å². The summed E-state index contributed by atoms with van der Waals surface area (Å²) in [6.07, 6.45) is 0.854. The van der Waals surface area contributed by atoms with E-state index in [4.69, 9.17) is 11.6 Å². The summed E-state index contributed by atoms with van der Waals surface area (Å²) in [5, 5.41) is 3.68. The molecule has 2 nitrogen and oxygen atoms in total. The molecule has 1 aromatic rings. The van der Waals surface area contributed by atoms with Crippen LogP contribution in [0.3, 0.4) is 0 Å². The molecule has 1 N–H and O–H groups in total. The summed E-state index contributed by atoms with van der Waals surface area (Å²) in [4.78, 5) is 11.4. The molecule has 0 aromatic heterocycles. The Bertz CT molecular complexity index is 351. The average molecular weight is 305 g/mol. The van der Waals surface area contributed by atoms with Crippen molar-refractivity contribution in [1.82, 2.24) is 5.32 Å². The fraction of sp³-hybridized carbons (Fsp3) is 0.417. The number of halogens is 2. The summed E-state index contributed by atoms with van der Waals surface area (Å²) in [5.41, 5.74) is 1.08. The van der Waals surface area contributed by atoms with E-state index >= 15 is 0 Å². The monoisotopic (exact) mass is 303 g/mol. The van der Waals surface area contributed by atoms with Gasteiger partial charge in [0.1, 0.15) is 0 Å². The number of nitrogens with one attached hydrogen (secondary N) is 1. The molecule has 0 radical (unpaired) electrons. The lowest BCUT2D eigenvalue weighted by Crippen LogP contribution is -2.32. The predicted molar refractivity (Wildman–Crippen MR) is 71.0 cm³/mol. The fourth-order valence-electron chi connectivity index (χ4n) is 1.40. The molecule has 0 aliphatic heterocycles. The van der Waals surface area contributed by atoms with Crippen molar-refractivity contribution in [2.45, 2.75) is 31.1 Å².